The number of nitrogens with one attached hydrogen (secondary N) is 1. The number of aliphatic hydroxyl groups excluding tert-OH is 1. The minimum Gasteiger partial charge on any atom is -0.478 e. The van der Waals surface area contributed by atoms with Gasteiger partial charge in [-0.25, -0.2) is 4.79 Å². The first kappa shape index (κ1) is 24.5. The predicted octanol–water partition coefficient (Wildman–Crippen LogP) is 4.82. The Morgan fingerprint density at radius 1 is 1.00 bits per heavy atom. The summed E-state index contributed by atoms with van der Waals surface area (Å²) in [5.74, 6) is -1.56. The van der Waals surface area contributed by atoms with Crippen LogP contribution < -0.4 is 5.32 Å². The molecule has 1 atom stereocenters. The number of aliphatic hydroxyl groups is 1. The minimum atomic E-state index is -1.13. The molecule has 33 heavy (non-hydrogen) atoms. The van der Waals surface area contributed by atoms with E-state index in [1.807, 2.05) is 18.2 Å². The summed E-state index contributed by atoms with van der Waals surface area (Å²) < 4.78 is 0. The topological polar surface area (TPSA) is 108 Å². The van der Waals surface area contributed by atoms with Crippen molar-refractivity contribution in [3.8, 4) is 0 Å². The Morgan fingerprint density at radius 3 is 2.15 bits per heavy atom. The van der Waals surface area contributed by atoms with Gasteiger partial charge in [-0.05, 0) is 65.1 Å². The van der Waals surface area contributed by atoms with Gasteiger partial charge in [0.2, 0.25) is 6.29 Å². The second-order valence-electron chi connectivity index (χ2n) is 9.77. The van der Waals surface area contributed by atoms with Crippen LogP contribution >= 0.6 is 0 Å². The van der Waals surface area contributed by atoms with Crippen molar-refractivity contribution >= 4 is 23.3 Å². The number of fused-ring (bicyclic) bond motifs is 1. The maximum atomic E-state index is 13.2. The first-order chi connectivity index (χ1) is 15.4. The second kappa shape index (κ2) is 9.35. The number of aromatic carboxylic acids is 1. The van der Waals surface area contributed by atoms with Gasteiger partial charge >= 0.3 is 5.97 Å². The molecule has 1 aliphatic carbocycles. The Balaban J connectivity index is 1.99. The number of carboxylic acid groups (broad SMARTS) is 1. The SMILES string of the molecule is CCC(O)ON=C(C(=O)Nc1ccc(C(=O)O)cc1)c1ccc2c(c1)C(C)(C)CCC2(C)C. The Kier molecular flexibility index (Phi) is 6.93. The highest BCUT2D eigenvalue weighted by molar-refractivity contribution is 6.48. The molecule has 0 fully saturated rings. The third-order valence-electron chi connectivity index (χ3n) is 6.35. The number of carbonyl (C=O) groups is 2. The van der Waals surface area contributed by atoms with Gasteiger partial charge in [0.1, 0.15) is 0 Å². The van der Waals surface area contributed by atoms with Crippen LogP contribution in [0.15, 0.2) is 47.6 Å². The first-order valence-electron chi connectivity index (χ1n) is 11.2. The van der Waals surface area contributed by atoms with Crippen LogP contribution in [-0.2, 0) is 20.5 Å². The predicted molar refractivity (Wildman–Crippen MR) is 128 cm³/mol. The lowest BCUT2D eigenvalue weighted by molar-refractivity contribution is -0.112. The number of rotatable bonds is 7. The molecule has 3 N–H and O–H groups in total. The zero-order valence-corrected chi connectivity index (χ0v) is 19.8. The average Bonchev–Trinajstić information content (AvgIpc) is 2.77. The summed E-state index contributed by atoms with van der Waals surface area (Å²) in [6.45, 7) is 10.6. The minimum absolute atomic E-state index is 0.0315. The average molecular weight is 453 g/mol. The van der Waals surface area contributed by atoms with Crippen molar-refractivity contribution in [2.45, 2.75) is 71.0 Å². The summed E-state index contributed by atoms with van der Waals surface area (Å²) in [6.07, 6.45) is 1.29. The summed E-state index contributed by atoms with van der Waals surface area (Å²) in [5.41, 5.74) is 3.56. The fourth-order valence-corrected chi connectivity index (χ4v) is 4.04. The van der Waals surface area contributed by atoms with Gasteiger partial charge in [-0.2, -0.15) is 0 Å². The molecule has 7 heteroatoms. The van der Waals surface area contributed by atoms with Crippen molar-refractivity contribution in [1.29, 1.82) is 0 Å². The molecule has 0 radical (unpaired) electrons. The molecular weight excluding hydrogens is 420 g/mol. The third-order valence-corrected chi connectivity index (χ3v) is 6.35. The number of benzene rings is 2. The van der Waals surface area contributed by atoms with E-state index in [1.165, 1.54) is 35.4 Å². The Labute approximate surface area is 194 Å². The smallest absolute Gasteiger partial charge is 0.335 e. The van der Waals surface area contributed by atoms with Gasteiger partial charge in [0.15, 0.2) is 5.71 Å². The summed E-state index contributed by atoms with van der Waals surface area (Å²) in [6, 6.07) is 11.7. The van der Waals surface area contributed by atoms with E-state index in [-0.39, 0.29) is 22.1 Å². The Hall–Kier alpha value is -3.19. The molecule has 7 nitrogen and oxygen atoms in total. The molecule has 0 saturated carbocycles. The number of oxime groups is 1. The second-order valence-corrected chi connectivity index (χ2v) is 9.77. The fourth-order valence-electron chi connectivity index (χ4n) is 4.04. The highest BCUT2D eigenvalue weighted by Gasteiger charge is 2.37. The van der Waals surface area contributed by atoms with Crippen molar-refractivity contribution in [2.24, 2.45) is 5.16 Å². The largest absolute Gasteiger partial charge is 0.478 e. The van der Waals surface area contributed by atoms with Crippen LogP contribution in [-0.4, -0.2) is 34.1 Å². The van der Waals surface area contributed by atoms with Crippen LogP contribution in [0.25, 0.3) is 0 Å². The van der Waals surface area contributed by atoms with Crippen molar-refractivity contribution < 1.29 is 24.6 Å². The highest BCUT2D eigenvalue weighted by Crippen LogP contribution is 2.46. The van der Waals surface area contributed by atoms with Crippen LogP contribution in [0.5, 0.6) is 0 Å². The van der Waals surface area contributed by atoms with Crippen LogP contribution in [0.2, 0.25) is 0 Å². The van der Waals surface area contributed by atoms with E-state index < -0.39 is 18.2 Å². The number of amides is 1. The molecule has 1 amide bonds. The molecule has 0 aliphatic heterocycles. The molecule has 176 valence electrons. The maximum Gasteiger partial charge on any atom is 0.335 e. The lowest BCUT2D eigenvalue weighted by Gasteiger charge is -2.42. The van der Waals surface area contributed by atoms with Crippen molar-refractivity contribution in [3.05, 3.63) is 64.7 Å². The molecule has 0 spiro atoms. The van der Waals surface area contributed by atoms with Gasteiger partial charge in [0.25, 0.3) is 5.91 Å². The zero-order chi connectivity index (χ0) is 24.4. The molecule has 3 rings (SSSR count). The molecule has 0 aromatic heterocycles. The van der Waals surface area contributed by atoms with Crippen LogP contribution in [0.1, 0.15) is 80.9 Å². The van der Waals surface area contributed by atoms with E-state index in [4.69, 9.17) is 9.94 Å². The summed E-state index contributed by atoms with van der Waals surface area (Å²) >= 11 is 0. The third kappa shape index (κ3) is 5.42. The summed E-state index contributed by atoms with van der Waals surface area (Å²) in [7, 11) is 0. The monoisotopic (exact) mass is 452 g/mol. The van der Waals surface area contributed by atoms with Gasteiger partial charge in [-0.1, -0.05) is 51.9 Å². The standard InChI is InChI=1S/C26H32N2O5/c1-6-21(29)33-28-22(23(30)27-18-10-7-16(8-11-18)24(31)32)17-9-12-19-20(15-17)26(4,5)14-13-25(19,2)3/h7-12,15,21,29H,6,13-14H2,1-5H3,(H,27,30)(H,31,32). The van der Waals surface area contributed by atoms with E-state index in [0.29, 0.717) is 17.7 Å². The number of nitrogens with zero attached hydrogens (tertiary/aromatic N) is 1. The lowest BCUT2D eigenvalue weighted by Crippen LogP contribution is -2.34. The lowest BCUT2D eigenvalue weighted by atomic mass is 9.63. The van der Waals surface area contributed by atoms with Gasteiger partial charge in [-0.3, -0.25) is 4.79 Å². The maximum absolute atomic E-state index is 13.2. The summed E-state index contributed by atoms with van der Waals surface area (Å²) in [4.78, 5) is 29.4. The molecule has 2 aromatic rings. The zero-order valence-electron chi connectivity index (χ0n) is 19.8. The molecule has 0 saturated heterocycles. The van der Waals surface area contributed by atoms with E-state index in [9.17, 15) is 14.7 Å². The number of carboxylic acids is 1. The number of carbonyl (C=O) groups excluding carboxylic acids is 1. The Bertz CT molecular complexity index is 1070. The van der Waals surface area contributed by atoms with Crippen LogP contribution in [0.4, 0.5) is 5.69 Å². The Morgan fingerprint density at radius 2 is 1.58 bits per heavy atom. The molecule has 0 bridgehead atoms. The normalized spacial score (nSPS) is 17.6. The van der Waals surface area contributed by atoms with Crippen LogP contribution in [0.3, 0.4) is 0 Å². The molecule has 0 heterocycles. The van der Waals surface area contributed by atoms with Gasteiger partial charge in [0, 0.05) is 17.7 Å². The number of hydrogen-bond donors (Lipinski definition) is 3. The van der Waals surface area contributed by atoms with E-state index in [2.05, 4.69) is 38.2 Å². The van der Waals surface area contributed by atoms with Gasteiger partial charge in [-0.15, -0.1) is 0 Å². The number of hydrogen-bond acceptors (Lipinski definition) is 5. The highest BCUT2D eigenvalue weighted by atomic mass is 16.7. The quantitative estimate of drug-likeness (QED) is 0.317. The van der Waals surface area contributed by atoms with Crippen molar-refractivity contribution in [2.75, 3.05) is 5.32 Å². The van der Waals surface area contributed by atoms with E-state index in [0.717, 1.165) is 12.8 Å². The fraction of sp³-hybridized carbons (Fsp3) is 0.423. The first-order valence-corrected chi connectivity index (χ1v) is 11.2. The van der Waals surface area contributed by atoms with E-state index >= 15 is 0 Å². The van der Waals surface area contributed by atoms with Gasteiger partial charge in [0.05, 0.1) is 5.56 Å². The van der Waals surface area contributed by atoms with E-state index in [1.54, 1.807) is 6.92 Å². The summed E-state index contributed by atoms with van der Waals surface area (Å²) in [5, 5.41) is 25.6. The van der Waals surface area contributed by atoms with Crippen molar-refractivity contribution in [3.63, 3.8) is 0 Å². The molecule has 1 aliphatic rings. The molecule has 1 unspecified atom stereocenters. The molecule has 2 aromatic carbocycles. The number of anilines is 1. The van der Waals surface area contributed by atoms with Crippen LogP contribution in [0, 0.1) is 0 Å². The molecular formula is C26H32N2O5. The van der Waals surface area contributed by atoms with Gasteiger partial charge < -0.3 is 20.4 Å². The van der Waals surface area contributed by atoms with Crippen molar-refractivity contribution in [1.82, 2.24) is 0 Å².